The zero-order chi connectivity index (χ0) is 21.2. The van der Waals surface area contributed by atoms with E-state index in [0.29, 0.717) is 24.2 Å². The van der Waals surface area contributed by atoms with Gasteiger partial charge in [-0.05, 0) is 51.3 Å². The van der Waals surface area contributed by atoms with Crippen LogP contribution in [-0.4, -0.2) is 58.5 Å². The number of nitrogens with one attached hydrogen (secondary N) is 2. The molecule has 2 aliphatic heterocycles. The summed E-state index contributed by atoms with van der Waals surface area (Å²) >= 11 is 0. The second kappa shape index (κ2) is 8.10. The van der Waals surface area contributed by atoms with E-state index in [0.717, 1.165) is 11.3 Å². The molecule has 1 aromatic carbocycles. The molecule has 0 aromatic heterocycles. The first-order valence-electron chi connectivity index (χ1n) is 9.62. The first-order valence-corrected chi connectivity index (χ1v) is 9.62. The van der Waals surface area contributed by atoms with Crippen LogP contribution in [0.1, 0.15) is 39.2 Å². The Balaban J connectivity index is 1.65. The van der Waals surface area contributed by atoms with Crippen molar-refractivity contribution in [3.63, 3.8) is 0 Å². The van der Waals surface area contributed by atoms with Crippen molar-refractivity contribution >= 4 is 29.6 Å². The maximum Gasteiger partial charge on any atom is 0.410 e. The lowest BCUT2D eigenvalue weighted by Crippen LogP contribution is -2.45. The number of carbonyl (C=O) groups is 4. The maximum atomic E-state index is 12.8. The lowest BCUT2D eigenvalue weighted by molar-refractivity contribution is -0.125. The molecule has 5 amide bonds. The van der Waals surface area contributed by atoms with Gasteiger partial charge in [0.1, 0.15) is 11.6 Å². The quantitative estimate of drug-likeness (QED) is 0.750. The average Bonchev–Trinajstić information content (AvgIpc) is 3.23. The van der Waals surface area contributed by atoms with Crippen LogP contribution >= 0.6 is 0 Å². The van der Waals surface area contributed by atoms with Crippen LogP contribution in [0.15, 0.2) is 24.3 Å². The Bertz CT molecular complexity index is 816. The molecule has 0 aliphatic carbocycles. The number of ether oxygens (including phenoxy) is 1. The fourth-order valence-corrected chi connectivity index (χ4v) is 3.35. The second-order valence-corrected chi connectivity index (χ2v) is 8.16. The molecule has 9 heteroatoms. The van der Waals surface area contributed by atoms with Gasteiger partial charge in [-0.15, -0.1) is 0 Å². The molecule has 156 valence electrons. The highest BCUT2D eigenvalue weighted by Gasteiger charge is 2.36. The number of imide groups is 1. The SMILES string of the molecule is CC(C)(C)OC(=O)N1CCCC1C(=O)Nc1cccc(CN2C(=O)CNC2=O)c1. The van der Waals surface area contributed by atoms with Crippen molar-refractivity contribution in [1.82, 2.24) is 15.1 Å². The van der Waals surface area contributed by atoms with Gasteiger partial charge in [-0.2, -0.15) is 0 Å². The maximum absolute atomic E-state index is 12.8. The highest BCUT2D eigenvalue weighted by molar-refractivity contribution is 6.02. The van der Waals surface area contributed by atoms with Crippen molar-refractivity contribution in [1.29, 1.82) is 0 Å². The average molecular weight is 402 g/mol. The van der Waals surface area contributed by atoms with Crippen LogP contribution in [0.5, 0.6) is 0 Å². The number of hydrogen-bond donors (Lipinski definition) is 2. The fraction of sp³-hybridized carbons (Fsp3) is 0.500. The van der Waals surface area contributed by atoms with E-state index < -0.39 is 23.8 Å². The zero-order valence-corrected chi connectivity index (χ0v) is 16.9. The number of anilines is 1. The smallest absolute Gasteiger partial charge is 0.410 e. The molecule has 1 aromatic rings. The summed E-state index contributed by atoms with van der Waals surface area (Å²) in [5.41, 5.74) is 0.619. The van der Waals surface area contributed by atoms with Gasteiger partial charge in [0.15, 0.2) is 0 Å². The molecule has 2 N–H and O–H groups in total. The predicted molar refractivity (Wildman–Crippen MR) is 105 cm³/mol. The molecule has 0 spiro atoms. The zero-order valence-electron chi connectivity index (χ0n) is 16.9. The van der Waals surface area contributed by atoms with E-state index >= 15 is 0 Å². The number of amides is 5. The van der Waals surface area contributed by atoms with Crippen molar-refractivity contribution in [2.75, 3.05) is 18.4 Å². The summed E-state index contributed by atoms with van der Waals surface area (Å²) in [5, 5.41) is 5.30. The highest BCUT2D eigenvalue weighted by Crippen LogP contribution is 2.23. The number of urea groups is 1. The molecule has 0 radical (unpaired) electrons. The highest BCUT2D eigenvalue weighted by atomic mass is 16.6. The van der Waals surface area contributed by atoms with Gasteiger partial charge in [-0.1, -0.05) is 12.1 Å². The van der Waals surface area contributed by atoms with Crippen molar-refractivity contribution in [2.24, 2.45) is 0 Å². The van der Waals surface area contributed by atoms with Gasteiger partial charge in [-0.3, -0.25) is 19.4 Å². The number of nitrogens with zero attached hydrogens (tertiary/aromatic N) is 2. The van der Waals surface area contributed by atoms with Crippen molar-refractivity contribution in [3.05, 3.63) is 29.8 Å². The minimum absolute atomic E-state index is 0.00254. The Morgan fingerprint density at radius 1 is 1.28 bits per heavy atom. The van der Waals surface area contributed by atoms with Crippen LogP contribution in [0, 0.1) is 0 Å². The summed E-state index contributed by atoms with van der Waals surface area (Å²) in [6.07, 6.45) is 0.791. The Hall–Kier alpha value is -3.10. The van der Waals surface area contributed by atoms with E-state index in [4.69, 9.17) is 4.74 Å². The number of likely N-dealkylation sites (tertiary alicyclic amines) is 1. The number of rotatable bonds is 4. The van der Waals surface area contributed by atoms with E-state index in [2.05, 4.69) is 10.6 Å². The molecule has 2 fully saturated rings. The predicted octanol–water partition coefficient (Wildman–Crippen LogP) is 2.08. The van der Waals surface area contributed by atoms with Gasteiger partial charge in [0, 0.05) is 12.2 Å². The Kier molecular flexibility index (Phi) is 5.76. The van der Waals surface area contributed by atoms with E-state index in [1.807, 2.05) is 0 Å². The summed E-state index contributed by atoms with van der Waals surface area (Å²) in [7, 11) is 0. The summed E-state index contributed by atoms with van der Waals surface area (Å²) in [4.78, 5) is 51.2. The summed E-state index contributed by atoms with van der Waals surface area (Å²) in [6.45, 7) is 5.95. The van der Waals surface area contributed by atoms with Crippen LogP contribution < -0.4 is 10.6 Å². The lowest BCUT2D eigenvalue weighted by atomic mass is 10.1. The van der Waals surface area contributed by atoms with E-state index in [1.165, 1.54) is 4.90 Å². The largest absolute Gasteiger partial charge is 0.444 e. The van der Waals surface area contributed by atoms with Crippen LogP contribution in [0.4, 0.5) is 15.3 Å². The molecular weight excluding hydrogens is 376 g/mol. The van der Waals surface area contributed by atoms with Crippen LogP contribution in [-0.2, 0) is 20.9 Å². The molecule has 9 nitrogen and oxygen atoms in total. The monoisotopic (exact) mass is 402 g/mol. The molecule has 0 bridgehead atoms. The van der Waals surface area contributed by atoms with Crippen LogP contribution in [0.25, 0.3) is 0 Å². The Morgan fingerprint density at radius 2 is 2.03 bits per heavy atom. The normalized spacial score (nSPS) is 19.3. The van der Waals surface area contributed by atoms with Crippen molar-refractivity contribution in [3.8, 4) is 0 Å². The standard InChI is InChI=1S/C20H26N4O5/c1-20(2,3)29-19(28)23-9-5-8-15(23)17(26)22-14-7-4-6-13(10-14)12-24-16(25)11-21-18(24)27/h4,6-7,10,15H,5,8-9,11-12H2,1-3H3,(H,21,27)(H,22,26). The van der Waals surface area contributed by atoms with Crippen molar-refractivity contribution < 1.29 is 23.9 Å². The molecule has 29 heavy (non-hydrogen) atoms. The minimum Gasteiger partial charge on any atom is -0.444 e. The van der Waals surface area contributed by atoms with Gasteiger partial charge < -0.3 is 15.4 Å². The molecule has 3 rings (SSSR count). The third-order valence-electron chi connectivity index (χ3n) is 4.66. The molecule has 2 aliphatic rings. The van der Waals surface area contributed by atoms with Crippen molar-refractivity contribution in [2.45, 2.75) is 51.8 Å². The number of carbonyl (C=O) groups excluding carboxylic acids is 4. The molecule has 1 unspecified atom stereocenters. The summed E-state index contributed by atoms with van der Waals surface area (Å²) in [6, 6.07) is 5.92. The minimum atomic E-state index is -0.631. The van der Waals surface area contributed by atoms with Gasteiger partial charge in [0.25, 0.3) is 0 Å². The third-order valence-corrected chi connectivity index (χ3v) is 4.66. The summed E-state index contributed by atoms with van der Waals surface area (Å²) < 4.78 is 5.40. The van der Waals surface area contributed by atoms with Gasteiger partial charge in [0.05, 0.1) is 13.1 Å². The van der Waals surface area contributed by atoms with Gasteiger partial charge in [0.2, 0.25) is 11.8 Å². The topological polar surface area (TPSA) is 108 Å². The van der Waals surface area contributed by atoms with E-state index in [-0.39, 0.29) is 24.9 Å². The van der Waals surface area contributed by atoms with Gasteiger partial charge >= 0.3 is 12.1 Å². The van der Waals surface area contributed by atoms with Gasteiger partial charge in [-0.25, -0.2) is 9.59 Å². The second-order valence-electron chi connectivity index (χ2n) is 8.16. The fourth-order valence-electron chi connectivity index (χ4n) is 3.35. The Labute approximate surface area is 169 Å². The number of hydrogen-bond acceptors (Lipinski definition) is 5. The van der Waals surface area contributed by atoms with E-state index in [1.54, 1.807) is 45.0 Å². The first-order chi connectivity index (χ1) is 13.6. The molecule has 1 atom stereocenters. The molecule has 2 heterocycles. The lowest BCUT2D eigenvalue weighted by Gasteiger charge is -2.28. The molecule has 0 saturated carbocycles. The Morgan fingerprint density at radius 3 is 2.69 bits per heavy atom. The van der Waals surface area contributed by atoms with Crippen LogP contribution in [0.3, 0.4) is 0 Å². The molecule has 2 saturated heterocycles. The third kappa shape index (κ3) is 5.04. The molecular formula is C20H26N4O5. The van der Waals surface area contributed by atoms with Crippen LogP contribution in [0.2, 0.25) is 0 Å². The van der Waals surface area contributed by atoms with E-state index in [9.17, 15) is 19.2 Å². The first kappa shape index (κ1) is 20.6. The number of benzene rings is 1. The summed E-state index contributed by atoms with van der Waals surface area (Å²) in [5.74, 6) is -0.580.